The van der Waals surface area contributed by atoms with E-state index in [4.69, 9.17) is 16.3 Å². The van der Waals surface area contributed by atoms with Crippen LogP contribution in [0.1, 0.15) is 5.56 Å². The van der Waals surface area contributed by atoms with E-state index in [0.29, 0.717) is 11.6 Å². The maximum Gasteiger partial charge on any atom is 0.251 e. The summed E-state index contributed by atoms with van der Waals surface area (Å²) in [7, 11) is 0. The molecule has 5 heteroatoms. The van der Waals surface area contributed by atoms with Crippen LogP contribution in [-0.2, 0) is 20.9 Å². The molecule has 0 N–H and O–H groups in total. The van der Waals surface area contributed by atoms with Crippen molar-refractivity contribution in [2.75, 3.05) is 6.61 Å². The fourth-order valence-electron chi connectivity index (χ4n) is 2.33. The van der Waals surface area contributed by atoms with Gasteiger partial charge in [0.05, 0.1) is 6.54 Å². The number of hydrogen-bond acceptors (Lipinski definition) is 3. The van der Waals surface area contributed by atoms with Gasteiger partial charge in [0, 0.05) is 5.02 Å². The van der Waals surface area contributed by atoms with E-state index in [0.717, 1.165) is 5.56 Å². The van der Waals surface area contributed by atoms with Gasteiger partial charge in [0.15, 0.2) is 11.5 Å². The van der Waals surface area contributed by atoms with Crippen molar-refractivity contribution in [1.82, 2.24) is 4.90 Å². The van der Waals surface area contributed by atoms with Gasteiger partial charge in [-0.3, -0.25) is 9.59 Å². The first kappa shape index (κ1) is 13.1. The number of rotatable bonds is 2. The van der Waals surface area contributed by atoms with Crippen LogP contribution in [-0.4, -0.2) is 28.9 Å². The van der Waals surface area contributed by atoms with E-state index in [2.05, 4.69) is 0 Å². The summed E-state index contributed by atoms with van der Waals surface area (Å²) in [4.78, 5) is 24.9. The number of carbonyl (C=O) groups excluding carboxylic acids is 2. The number of hydrogen-bond donors (Lipinski definition) is 0. The van der Waals surface area contributed by atoms with Gasteiger partial charge in [0.2, 0.25) is 0 Å². The van der Waals surface area contributed by atoms with Crippen molar-refractivity contribution in [2.45, 2.75) is 12.3 Å². The molecule has 0 atom stereocenters. The van der Waals surface area contributed by atoms with Crippen LogP contribution in [0.3, 0.4) is 0 Å². The quantitative estimate of drug-likeness (QED) is 0.837. The molecule has 1 aromatic carbocycles. The zero-order valence-corrected chi connectivity index (χ0v) is 11.3. The Morgan fingerprint density at radius 3 is 2.60 bits per heavy atom. The average molecular weight is 290 g/mol. The van der Waals surface area contributed by atoms with E-state index < -0.39 is 5.72 Å². The monoisotopic (exact) mass is 289 g/mol. The minimum atomic E-state index is -0.968. The zero-order chi connectivity index (χ0) is 14.2. The highest BCUT2D eigenvalue weighted by Crippen LogP contribution is 2.32. The molecule has 0 saturated carbocycles. The summed E-state index contributed by atoms with van der Waals surface area (Å²) < 4.78 is 5.57. The number of benzene rings is 1. The van der Waals surface area contributed by atoms with Crippen molar-refractivity contribution >= 4 is 23.3 Å². The Hall–Kier alpha value is -1.91. The van der Waals surface area contributed by atoms with Crippen LogP contribution in [0.25, 0.3) is 0 Å². The third-order valence-electron chi connectivity index (χ3n) is 3.41. The Morgan fingerprint density at radius 2 is 1.90 bits per heavy atom. The van der Waals surface area contributed by atoms with Crippen molar-refractivity contribution in [3.8, 4) is 0 Å². The summed E-state index contributed by atoms with van der Waals surface area (Å²) in [6, 6.07) is 7.35. The van der Waals surface area contributed by atoms with Crippen molar-refractivity contribution < 1.29 is 14.3 Å². The first-order valence-corrected chi connectivity index (χ1v) is 6.59. The normalized spacial score (nSPS) is 20.1. The maximum atomic E-state index is 12.1. The predicted octanol–water partition coefficient (Wildman–Crippen LogP) is 2.09. The minimum Gasteiger partial charge on any atom is -0.338 e. The molecule has 4 nitrogen and oxygen atoms in total. The molecular formula is C15H12ClNO3. The summed E-state index contributed by atoms with van der Waals surface area (Å²) in [5.41, 5.74) is -0.129. The fraction of sp³-hybridized carbons (Fsp3) is 0.200. The first-order chi connectivity index (χ1) is 9.61. The Labute approximate surface area is 121 Å². The highest BCUT2D eigenvalue weighted by Gasteiger charge is 2.44. The van der Waals surface area contributed by atoms with E-state index in [1.807, 2.05) is 18.2 Å². The molecule has 1 amide bonds. The topological polar surface area (TPSA) is 46.6 Å². The summed E-state index contributed by atoms with van der Waals surface area (Å²) in [6.07, 6.45) is 6.05. The van der Waals surface area contributed by atoms with E-state index in [1.54, 1.807) is 23.1 Å². The van der Waals surface area contributed by atoms with Crippen LogP contribution < -0.4 is 0 Å². The molecule has 1 fully saturated rings. The lowest BCUT2D eigenvalue weighted by Gasteiger charge is -2.33. The third-order valence-corrected chi connectivity index (χ3v) is 3.78. The number of ether oxygens (including phenoxy) is 1. The molecule has 0 bridgehead atoms. The molecule has 1 aliphatic carbocycles. The summed E-state index contributed by atoms with van der Waals surface area (Å²) in [5.74, 6) is -0.246. The van der Waals surface area contributed by atoms with Crippen LogP contribution in [0.4, 0.5) is 0 Å². The van der Waals surface area contributed by atoms with Gasteiger partial charge in [-0.25, -0.2) is 0 Å². The van der Waals surface area contributed by atoms with Crippen LogP contribution in [0.5, 0.6) is 0 Å². The van der Waals surface area contributed by atoms with Crippen LogP contribution >= 0.6 is 11.6 Å². The highest BCUT2D eigenvalue weighted by atomic mass is 35.5. The molecule has 1 aliphatic heterocycles. The number of amides is 1. The van der Waals surface area contributed by atoms with Crippen molar-refractivity contribution in [1.29, 1.82) is 0 Å². The lowest BCUT2D eigenvalue weighted by Crippen LogP contribution is -2.44. The lowest BCUT2D eigenvalue weighted by molar-refractivity contribution is -0.129. The molecule has 1 aromatic rings. The SMILES string of the molecule is O=C1C=CC2(C=C1)OCC(=O)N2Cc1ccccc1Cl. The molecular weight excluding hydrogens is 278 g/mol. The van der Waals surface area contributed by atoms with E-state index in [-0.39, 0.29) is 18.3 Å². The number of halogens is 1. The molecule has 20 heavy (non-hydrogen) atoms. The highest BCUT2D eigenvalue weighted by molar-refractivity contribution is 6.31. The average Bonchev–Trinajstić information content (AvgIpc) is 2.74. The summed E-state index contributed by atoms with van der Waals surface area (Å²) in [6.45, 7) is 0.328. The van der Waals surface area contributed by atoms with Gasteiger partial charge < -0.3 is 9.64 Å². The maximum absolute atomic E-state index is 12.1. The fourth-order valence-corrected chi connectivity index (χ4v) is 2.52. The van der Waals surface area contributed by atoms with E-state index in [1.165, 1.54) is 12.2 Å². The molecule has 1 saturated heterocycles. The van der Waals surface area contributed by atoms with E-state index in [9.17, 15) is 9.59 Å². The molecule has 1 spiro atoms. The van der Waals surface area contributed by atoms with Gasteiger partial charge in [-0.1, -0.05) is 29.8 Å². The number of allylic oxidation sites excluding steroid dienone is 2. The summed E-state index contributed by atoms with van der Waals surface area (Å²) in [5, 5.41) is 0.599. The molecule has 0 radical (unpaired) electrons. The number of carbonyl (C=O) groups is 2. The molecule has 0 aromatic heterocycles. The second-order valence-corrected chi connectivity index (χ2v) is 5.09. The minimum absolute atomic E-state index is 0.00662. The van der Waals surface area contributed by atoms with Gasteiger partial charge in [-0.05, 0) is 35.9 Å². The van der Waals surface area contributed by atoms with Gasteiger partial charge >= 0.3 is 0 Å². The number of ketones is 1. The number of nitrogens with zero attached hydrogens (tertiary/aromatic N) is 1. The molecule has 2 aliphatic rings. The smallest absolute Gasteiger partial charge is 0.251 e. The Balaban J connectivity index is 1.92. The molecule has 1 heterocycles. The van der Waals surface area contributed by atoms with Crippen molar-refractivity contribution in [3.05, 3.63) is 59.2 Å². The van der Waals surface area contributed by atoms with Gasteiger partial charge in [-0.2, -0.15) is 0 Å². The van der Waals surface area contributed by atoms with Crippen LogP contribution in [0.2, 0.25) is 5.02 Å². The molecule has 3 rings (SSSR count). The van der Waals surface area contributed by atoms with Crippen LogP contribution in [0, 0.1) is 0 Å². The predicted molar refractivity (Wildman–Crippen MR) is 74.0 cm³/mol. The van der Waals surface area contributed by atoms with Gasteiger partial charge in [0.25, 0.3) is 5.91 Å². The second kappa shape index (κ2) is 4.89. The van der Waals surface area contributed by atoms with Crippen molar-refractivity contribution in [3.63, 3.8) is 0 Å². The molecule has 102 valence electrons. The lowest BCUT2D eigenvalue weighted by atomic mass is 10.0. The summed E-state index contributed by atoms with van der Waals surface area (Å²) >= 11 is 6.13. The zero-order valence-electron chi connectivity index (χ0n) is 10.6. The van der Waals surface area contributed by atoms with Crippen molar-refractivity contribution in [2.24, 2.45) is 0 Å². The largest absolute Gasteiger partial charge is 0.338 e. The van der Waals surface area contributed by atoms with E-state index >= 15 is 0 Å². The third kappa shape index (κ3) is 2.17. The Bertz CT molecular complexity index is 620. The Kier molecular flexibility index (Phi) is 3.20. The second-order valence-electron chi connectivity index (χ2n) is 4.68. The Morgan fingerprint density at radius 1 is 1.20 bits per heavy atom. The van der Waals surface area contributed by atoms with Gasteiger partial charge in [0.1, 0.15) is 6.61 Å². The molecule has 0 unspecified atom stereocenters. The van der Waals surface area contributed by atoms with Crippen LogP contribution in [0.15, 0.2) is 48.6 Å². The standard InChI is InChI=1S/C15H12ClNO3/c16-13-4-2-1-3-11(13)9-17-14(19)10-20-15(17)7-5-12(18)6-8-15/h1-8H,9-10H2. The first-order valence-electron chi connectivity index (χ1n) is 6.21. The van der Waals surface area contributed by atoms with Gasteiger partial charge in [-0.15, -0.1) is 0 Å².